The number of anilines is 1. The number of aromatic amines is 1. The summed E-state index contributed by atoms with van der Waals surface area (Å²) >= 11 is 1.72. The lowest BCUT2D eigenvalue weighted by Crippen LogP contribution is -2.34. The van der Waals surface area contributed by atoms with Crippen molar-refractivity contribution in [1.29, 1.82) is 0 Å². The highest BCUT2D eigenvalue weighted by Gasteiger charge is 2.23. The number of H-pyrrole nitrogens is 1. The van der Waals surface area contributed by atoms with E-state index in [4.69, 9.17) is 4.98 Å². The molecule has 0 amide bonds. The number of likely N-dealkylation sites (N-methyl/N-ethyl adjacent to an activating group) is 1. The Labute approximate surface area is 160 Å². The first-order valence-electron chi connectivity index (χ1n) is 9.35. The van der Waals surface area contributed by atoms with E-state index in [1.165, 1.54) is 30.2 Å². The third-order valence-electron chi connectivity index (χ3n) is 5.47. The molecule has 1 aliphatic heterocycles. The summed E-state index contributed by atoms with van der Waals surface area (Å²) in [7, 11) is 0. The van der Waals surface area contributed by atoms with E-state index in [1.807, 2.05) is 12.1 Å². The number of nitrogens with one attached hydrogen (secondary N) is 2. The van der Waals surface area contributed by atoms with E-state index in [1.54, 1.807) is 11.3 Å². The van der Waals surface area contributed by atoms with Crippen LogP contribution in [0.15, 0.2) is 29.0 Å². The molecule has 0 aliphatic carbocycles. The standard InChI is InChI=1S/C19H21N7S/c1-2-26-7-3-4-13(26)9-20-19-16-11-27-10-15(16)14-6-5-12(8-17(14)21-19)18-22-24-25-23-18/h5-6,8,10-11,13H,2-4,7,9H2,1H3,(H,20,21)(H,22,23,24,25). The van der Waals surface area contributed by atoms with Gasteiger partial charge in [-0.05, 0) is 47.8 Å². The van der Waals surface area contributed by atoms with Crippen molar-refractivity contribution >= 4 is 38.8 Å². The fourth-order valence-electron chi connectivity index (χ4n) is 4.04. The topological polar surface area (TPSA) is 82.6 Å². The Hall–Kier alpha value is -2.58. The van der Waals surface area contributed by atoms with Crippen LogP contribution in [0.5, 0.6) is 0 Å². The Bertz CT molecular complexity index is 1070. The van der Waals surface area contributed by atoms with Gasteiger partial charge in [-0.2, -0.15) is 11.3 Å². The van der Waals surface area contributed by atoms with E-state index in [0.717, 1.165) is 35.4 Å². The van der Waals surface area contributed by atoms with Gasteiger partial charge in [0.15, 0.2) is 5.82 Å². The lowest BCUT2D eigenvalue weighted by Gasteiger charge is -2.23. The summed E-state index contributed by atoms with van der Waals surface area (Å²) in [5, 5.41) is 25.8. The molecular weight excluding hydrogens is 358 g/mol. The summed E-state index contributed by atoms with van der Waals surface area (Å²) in [5.74, 6) is 1.62. The number of likely N-dealkylation sites (tertiary alicyclic amines) is 1. The Morgan fingerprint density at radius 1 is 1.26 bits per heavy atom. The molecule has 1 aliphatic rings. The zero-order valence-electron chi connectivity index (χ0n) is 15.1. The van der Waals surface area contributed by atoms with Crippen molar-refractivity contribution in [1.82, 2.24) is 30.5 Å². The van der Waals surface area contributed by atoms with Gasteiger partial charge < -0.3 is 5.32 Å². The minimum atomic E-state index is 0.591. The third kappa shape index (κ3) is 2.94. The fraction of sp³-hybridized carbons (Fsp3) is 0.368. The molecular formula is C19H21N7S. The maximum atomic E-state index is 4.95. The van der Waals surface area contributed by atoms with Gasteiger partial charge in [0, 0.05) is 39.7 Å². The van der Waals surface area contributed by atoms with Crippen molar-refractivity contribution in [3.8, 4) is 11.4 Å². The van der Waals surface area contributed by atoms with Gasteiger partial charge in [0.25, 0.3) is 0 Å². The summed E-state index contributed by atoms with van der Waals surface area (Å²) < 4.78 is 0. The molecule has 0 spiro atoms. The van der Waals surface area contributed by atoms with Crippen LogP contribution < -0.4 is 5.32 Å². The molecule has 3 aromatic heterocycles. The van der Waals surface area contributed by atoms with Gasteiger partial charge in [-0.1, -0.05) is 19.1 Å². The van der Waals surface area contributed by atoms with E-state index in [-0.39, 0.29) is 0 Å². The number of hydrogen-bond donors (Lipinski definition) is 2. The minimum absolute atomic E-state index is 0.591. The molecule has 0 bridgehead atoms. The second kappa shape index (κ2) is 6.86. The van der Waals surface area contributed by atoms with Gasteiger partial charge in [-0.15, -0.1) is 5.10 Å². The predicted octanol–water partition coefficient (Wildman–Crippen LogP) is 3.53. The Balaban J connectivity index is 1.53. The van der Waals surface area contributed by atoms with Crippen LogP contribution in [0.1, 0.15) is 19.8 Å². The molecule has 1 saturated heterocycles. The SMILES string of the molecule is CCN1CCCC1CNc1nc2cc(-c3nnn[nH]3)ccc2c2cscc12. The maximum absolute atomic E-state index is 4.95. The summed E-state index contributed by atoms with van der Waals surface area (Å²) in [5.41, 5.74) is 1.89. The van der Waals surface area contributed by atoms with Gasteiger partial charge in [0.1, 0.15) is 5.82 Å². The summed E-state index contributed by atoms with van der Waals surface area (Å²) in [6, 6.07) is 6.78. The van der Waals surface area contributed by atoms with Crippen LogP contribution in [0.3, 0.4) is 0 Å². The van der Waals surface area contributed by atoms with Gasteiger partial charge in [-0.3, -0.25) is 4.90 Å². The predicted molar refractivity (Wildman–Crippen MR) is 109 cm³/mol. The lowest BCUT2D eigenvalue weighted by molar-refractivity contribution is 0.277. The second-order valence-corrected chi connectivity index (χ2v) is 7.69. The van der Waals surface area contributed by atoms with Crippen LogP contribution in [0.4, 0.5) is 5.82 Å². The highest BCUT2D eigenvalue weighted by molar-refractivity contribution is 7.09. The quantitative estimate of drug-likeness (QED) is 0.552. The van der Waals surface area contributed by atoms with Crippen LogP contribution in [-0.2, 0) is 0 Å². The van der Waals surface area contributed by atoms with Crippen molar-refractivity contribution in [2.45, 2.75) is 25.8 Å². The summed E-state index contributed by atoms with van der Waals surface area (Å²) in [4.78, 5) is 7.50. The molecule has 4 heterocycles. The average Bonchev–Trinajstić information content (AvgIpc) is 3.46. The molecule has 5 rings (SSSR count). The van der Waals surface area contributed by atoms with Gasteiger partial charge in [0.05, 0.1) is 5.52 Å². The van der Waals surface area contributed by atoms with E-state index >= 15 is 0 Å². The van der Waals surface area contributed by atoms with E-state index in [2.05, 4.69) is 54.6 Å². The zero-order chi connectivity index (χ0) is 18.2. The molecule has 1 atom stereocenters. The number of benzene rings is 1. The molecule has 2 N–H and O–H groups in total. The smallest absolute Gasteiger partial charge is 0.179 e. The number of tetrazole rings is 1. The van der Waals surface area contributed by atoms with Crippen molar-refractivity contribution in [2.75, 3.05) is 25.0 Å². The first-order chi connectivity index (χ1) is 13.3. The minimum Gasteiger partial charge on any atom is -0.368 e. The third-order valence-corrected chi connectivity index (χ3v) is 6.21. The summed E-state index contributed by atoms with van der Waals surface area (Å²) in [6.45, 7) is 5.49. The molecule has 1 fully saturated rings. The first-order valence-corrected chi connectivity index (χ1v) is 10.3. The van der Waals surface area contributed by atoms with Crippen LogP contribution in [0, 0.1) is 0 Å². The Kier molecular flexibility index (Phi) is 4.21. The largest absolute Gasteiger partial charge is 0.368 e. The van der Waals surface area contributed by atoms with Crippen LogP contribution in [0.25, 0.3) is 33.1 Å². The van der Waals surface area contributed by atoms with Crippen molar-refractivity contribution in [2.24, 2.45) is 0 Å². The van der Waals surface area contributed by atoms with Crippen molar-refractivity contribution in [3.05, 3.63) is 29.0 Å². The molecule has 8 heteroatoms. The lowest BCUT2D eigenvalue weighted by atomic mass is 10.1. The molecule has 1 unspecified atom stereocenters. The van der Waals surface area contributed by atoms with Crippen LogP contribution in [-0.4, -0.2) is 56.2 Å². The number of pyridine rings is 1. The number of fused-ring (bicyclic) bond motifs is 3. The normalized spacial score (nSPS) is 17.9. The van der Waals surface area contributed by atoms with Crippen molar-refractivity contribution in [3.63, 3.8) is 0 Å². The number of hydrogen-bond acceptors (Lipinski definition) is 7. The number of aromatic nitrogens is 5. The summed E-state index contributed by atoms with van der Waals surface area (Å²) in [6.07, 6.45) is 2.54. The average molecular weight is 379 g/mol. The number of thiophene rings is 1. The molecule has 0 radical (unpaired) electrons. The maximum Gasteiger partial charge on any atom is 0.179 e. The highest BCUT2D eigenvalue weighted by Crippen LogP contribution is 2.34. The van der Waals surface area contributed by atoms with E-state index in [9.17, 15) is 0 Å². The molecule has 4 aromatic rings. The Morgan fingerprint density at radius 3 is 3.04 bits per heavy atom. The van der Waals surface area contributed by atoms with E-state index < -0.39 is 0 Å². The van der Waals surface area contributed by atoms with Crippen LogP contribution in [0.2, 0.25) is 0 Å². The molecule has 27 heavy (non-hydrogen) atoms. The molecule has 1 aromatic carbocycles. The molecule has 7 nitrogen and oxygen atoms in total. The Morgan fingerprint density at radius 2 is 2.19 bits per heavy atom. The monoisotopic (exact) mass is 379 g/mol. The van der Waals surface area contributed by atoms with E-state index in [0.29, 0.717) is 11.9 Å². The van der Waals surface area contributed by atoms with Gasteiger partial charge in [0.2, 0.25) is 0 Å². The number of nitrogens with zero attached hydrogens (tertiary/aromatic N) is 5. The van der Waals surface area contributed by atoms with Crippen molar-refractivity contribution < 1.29 is 0 Å². The van der Waals surface area contributed by atoms with Gasteiger partial charge in [-0.25, -0.2) is 10.1 Å². The highest BCUT2D eigenvalue weighted by atomic mass is 32.1. The fourth-order valence-corrected chi connectivity index (χ4v) is 4.87. The van der Waals surface area contributed by atoms with Crippen LogP contribution >= 0.6 is 11.3 Å². The van der Waals surface area contributed by atoms with Gasteiger partial charge >= 0.3 is 0 Å². The molecule has 138 valence electrons. The zero-order valence-corrected chi connectivity index (χ0v) is 16.0. The first kappa shape index (κ1) is 16.6. The number of rotatable bonds is 5. The second-order valence-electron chi connectivity index (χ2n) is 6.95. The molecule has 0 saturated carbocycles.